The van der Waals surface area contributed by atoms with Gasteiger partial charge in [-0.2, -0.15) is 0 Å². The van der Waals surface area contributed by atoms with Gasteiger partial charge in [-0.1, -0.05) is 27.3 Å². The molecule has 1 saturated heterocycles. The van der Waals surface area contributed by atoms with Gasteiger partial charge in [0.2, 0.25) is 15.4 Å². The summed E-state index contributed by atoms with van der Waals surface area (Å²) in [6.45, 7) is 2.32. The molecule has 0 saturated carbocycles. The van der Waals surface area contributed by atoms with Crippen molar-refractivity contribution in [2.45, 2.75) is 29.6 Å². The molecular weight excluding hydrogens is 384 g/mol. The summed E-state index contributed by atoms with van der Waals surface area (Å²) < 4.78 is 32.6. The van der Waals surface area contributed by atoms with E-state index in [1.165, 1.54) is 6.92 Å². The molecule has 21 heavy (non-hydrogen) atoms. The van der Waals surface area contributed by atoms with E-state index in [1.807, 2.05) is 0 Å². The summed E-state index contributed by atoms with van der Waals surface area (Å²) in [7, 11) is -3.79. The van der Waals surface area contributed by atoms with Crippen LogP contribution in [0.4, 0.5) is 5.13 Å². The summed E-state index contributed by atoms with van der Waals surface area (Å²) >= 11 is 4.17. The second kappa shape index (κ2) is 6.65. The smallest absolute Gasteiger partial charge is 0.270 e. The summed E-state index contributed by atoms with van der Waals surface area (Å²) in [5.41, 5.74) is -0.586. The van der Waals surface area contributed by atoms with Gasteiger partial charge in [0.15, 0.2) is 0 Å². The van der Waals surface area contributed by atoms with Gasteiger partial charge >= 0.3 is 0 Å². The molecule has 0 aliphatic carbocycles. The Kier molecular flexibility index (Phi) is 5.30. The highest BCUT2D eigenvalue weighted by Crippen LogP contribution is 2.27. The number of carbonyl (C=O) groups is 1. The third kappa shape index (κ3) is 4.19. The number of alkyl halides is 1. The number of anilines is 1. The van der Waals surface area contributed by atoms with Crippen LogP contribution in [-0.2, 0) is 19.6 Å². The van der Waals surface area contributed by atoms with Gasteiger partial charge in [-0.3, -0.25) is 4.79 Å². The summed E-state index contributed by atoms with van der Waals surface area (Å²) in [5.74, 6) is -0.329. The van der Waals surface area contributed by atoms with Gasteiger partial charge in [0.05, 0.1) is 0 Å². The lowest BCUT2D eigenvalue weighted by molar-refractivity contribution is -0.114. The van der Waals surface area contributed by atoms with Crippen molar-refractivity contribution >= 4 is 48.3 Å². The number of carbonyl (C=O) groups excluding carboxylic acids is 1. The molecule has 1 amide bonds. The van der Waals surface area contributed by atoms with E-state index in [1.54, 1.807) is 0 Å². The van der Waals surface area contributed by atoms with Crippen molar-refractivity contribution in [3.8, 4) is 0 Å². The van der Waals surface area contributed by atoms with Gasteiger partial charge < -0.3 is 10.1 Å². The third-order valence-corrected chi connectivity index (χ3v) is 6.83. The molecule has 0 aromatic carbocycles. The first-order chi connectivity index (χ1) is 9.87. The van der Waals surface area contributed by atoms with Crippen molar-refractivity contribution in [2.24, 2.45) is 0 Å². The first kappa shape index (κ1) is 16.7. The Bertz CT molecular complexity index is 612. The third-order valence-electron chi connectivity index (χ3n) is 2.98. The van der Waals surface area contributed by atoms with Crippen LogP contribution in [0.25, 0.3) is 0 Å². The topological polar surface area (TPSA) is 110 Å². The number of amides is 1. The van der Waals surface area contributed by atoms with E-state index in [-0.39, 0.29) is 15.4 Å². The predicted molar refractivity (Wildman–Crippen MR) is 81.1 cm³/mol. The van der Waals surface area contributed by atoms with Crippen LogP contribution in [-0.4, -0.2) is 48.6 Å². The molecule has 118 valence electrons. The normalized spacial score (nSPS) is 18.4. The fourth-order valence-electron chi connectivity index (χ4n) is 1.87. The molecule has 8 nitrogen and oxygen atoms in total. The Morgan fingerprint density at radius 1 is 1.43 bits per heavy atom. The summed E-state index contributed by atoms with van der Waals surface area (Å²) in [6.07, 6.45) is 1.16. The van der Waals surface area contributed by atoms with Crippen LogP contribution in [0.2, 0.25) is 0 Å². The second-order valence-electron chi connectivity index (χ2n) is 4.69. The van der Waals surface area contributed by atoms with Gasteiger partial charge in [0, 0.05) is 31.0 Å². The molecule has 2 rings (SSSR count). The van der Waals surface area contributed by atoms with Crippen LogP contribution in [0.15, 0.2) is 4.34 Å². The van der Waals surface area contributed by atoms with Crippen molar-refractivity contribution in [1.82, 2.24) is 14.9 Å². The minimum absolute atomic E-state index is 0.155. The zero-order chi connectivity index (χ0) is 15.5. The zero-order valence-electron chi connectivity index (χ0n) is 11.3. The molecule has 1 fully saturated rings. The summed E-state index contributed by atoms with van der Waals surface area (Å²) in [4.78, 5) is 10.9. The second-order valence-corrected chi connectivity index (χ2v) is 8.08. The molecular formula is C10H15BrN4O4S2. The number of hydrogen-bond acceptors (Lipinski definition) is 7. The molecule has 11 heteroatoms. The van der Waals surface area contributed by atoms with E-state index >= 15 is 0 Å². The minimum Gasteiger partial charge on any atom is -0.381 e. The molecule has 0 spiro atoms. The molecule has 0 unspecified atom stereocenters. The number of aromatic nitrogens is 2. The Balaban J connectivity index is 2.17. The maximum atomic E-state index is 12.4. The van der Waals surface area contributed by atoms with Crippen molar-refractivity contribution in [1.29, 1.82) is 0 Å². The van der Waals surface area contributed by atoms with Crippen molar-refractivity contribution in [3.63, 3.8) is 0 Å². The highest BCUT2D eigenvalue weighted by atomic mass is 79.9. The molecule has 1 aliphatic heterocycles. The number of hydrogen-bond donors (Lipinski definition) is 2. The average Bonchev–Trinajstić information content (AvgIpc) is 2.88. The van der Waals surface area contributed by atoms with Gasteiger partial charge in [0.1, 0.15) is 0 Å². The monoisotopic (exact) mass is 398 g/mol. The number of halogens is 1. The maximum Gasteiger partial charge on any atom is 0.270 e. The average molecular weight is 399 g/mol. The number of sulfonamides is 1. The summed E-state index contributed by atoms with van der Waals surface area (Å²) in [6, 6.07) is 0. The Labute approximate surface area is 134 Å². The number of rotatable bonds is 5. The van der Waals surface area contributed by atoms with Crippen LogP contribution in [0.1, 0.15) is 19.8 Å². The van der Waals surface area contributed by atoms with Crippen molar-refractivity contribution in [2.75, 3.05) is 23.9 Å². The molecule has 0 bridgehead atoms. The molecule has 0 atom stereocenters. The van der Waals surface area contributed by atoms with E-state index in [0.717, 1.165) is 11.3 Å². The lowest BCUT2D eigenvalue weighted by Gasteiger charge is -2.35. The standard InChI is InChI=1S/C10H15BrN4O4S2/c1-7(16)12-8-13-14-9(20-8)21(17,18)15-10(6-11)2-4-19-5-3-10/h15H,2-6H2,1H3,(H,12,13,16). The van der Waals surface area contributed by atoms with E-state index in [9.17, 15) is 13.2 Å². The molecule has 2 heterocycles. The Morgan fingerprint density at radius 3 is 2.67 bits per heavy atom. The number of ether oxygens (including phenoxy) is 1. The van der Waals surface area contributed by atoms with Gasteiger partial charge in [-0.05, 0) is 12.8 Å². The zero-order valence-corrected chi connectivity index (χ0v) is 14.5. The van der Waals surface area contributed by atoms with Gasteiger partial charge in [-0.15, -0.1) is 10.2 Å². The lowest BCUT2D eigenvalue weighted by Crippen LogP contribution is -2.53. The van der Waals surface area contributed by atoms with Crippen molar-refractivity contribution in [3.05, 3.63) is 0 Å². The first-order valence-electron chi connectivity index (χ1n) is 6.16. The largest absolute Gasteiger partial charge is 0.381 e. The predicted octanol–water partition coefficient (Wildman–Crippen LogP) is 0.719. The van der Waals surface area contributed by atoms with Crippen LogP contribution in [0.3, 0.4) is 0 Å². The van der Waals surface area contributed by atoms with E-state index in [2.05, 4.69) is 36.2 Å². The Morgan fingerprint density at radius 2 is 2.10 bits per heavy atom. The van der Waals surface area contributed by atoms with Crippen molar-refractivity contribution < 1.29 is 17.9 Å². The van der Waals surface area contributed by atoms with Crippen LogP contribution in [0, 0.1) is 0 Å². The van der Waals surface area contributed by atoms with E-state index < -0.39 is 15.6 Å². The van der Waals surface area contributed by atoms with Crippen LogP contribution < -0.4 is 10.0 Å². The van der Waals surface area contributed by atoms with E-state index in [4.69, 9.17) is 4.74 Å². The first-order valence-corrected chi connectivity index (χ1v) is 9.58. The van der Waals surface area contributed by atoms with E-state index in [0.29, 0.717) is 31.4 Å². The SMILES string of the molecule is CC(=O)Nc1nnc(S(=O)(=O)NC2(CBr)CCOCC2)s1. The minimum atomic E-state index is -3.79. The van der Waals surface area contributed by atoms with Gasteiger partial charge in [0.25, 0.3) is 10.0 Å². The maximum absolute atomic E-state index is 12.4. The lowest BCUT2D eigenvalue weighted by atomic mass is 9.94. The highest BCUT2D eigenvalue weighted by Gasteiger charge is 2.37. The highest BCUT2D eigenvalue weighted by molar-refractivity contribution is 9.09. The molecule has 1 aromatic heterocycles. The fourth-order valence-corrected chi connectivity index (χ4v) is 5.17. The fraction of sp³-hybridized carbons (Fsp3) is 0.700. The Hall–Kier alpha value is -0.620. The molecule has 0 radical (unpaired) electrons. The quantitative estimate of drug-likeness (QED) is 0.558. The van der Waals surface area contributed by atoms with Crippen LogP contribution >= 0.6 is 27.3 Å². The number of nitrogens with zero attached hydrogens (tertiary/aromatic N) is 2. The molecule has 1 aliphatic rings. The van der Waals surface area contributed by atoms with Crippen LogP contribution in [0.5, 0.6) is 0 Å². The molecule has 2 N–H and O–H groups in total. The number of nitrogens with one attached hydrogen (secondary N) is 2. The van der Waals surface area contributed by atoms with Gasteiger partial charge in [-0.25, -0.2) is 13.1 Å². The summed E-state index contributed by atoms with van der Waals surface area (Å²) in [5, 5.41) is 10.3. The molecule has 1 aromatic rings.